The monoisotopic (exact) mass is 439 g/mol. The molecule has 7 nitrogen and oxygen atoms in total. The summed E-state index contributed by atoms with van der Waals surface area (Å²) in [7, 11) is 0. The second-order valence-corrected chi connectivity index (χ2v) is 8.49. The Hall–Kier alpha value is -3.06. The van der Waals surface area contributed by atoms with Gasteiger partial charge in [0.15, 0.2) is 6.61 Å². The van der Waals surface area contributed by atoms with Gasteiger partial charge in [-0.15, -0.1) is 0 Å². The molecule has 3 rings (SSSR count). The number of ether oxygens (including phenoxy) is 2. The van der Waals surface area contributed by atoms with E-state index in [1.807, 2.05) is 24.3 Å². The molecule has 0 bridgehead atoms. The summed E-state index contributed by atoms with van der Waals surface area (Å²) in [6.45, 7) is 8.93. The fourth-order valence-electron chi connectivity index (χ4n) is 3.76. The van der Waals surface area contributed by atoms with E-state index in [1.165, 1.54) is 0 Å². The second-order valence-electron chi connectivity index (χ2n) is 8.49. The minimum Gasteiger partial charge on any atom is -0.492 e. The first-order chi connectivity index (χ1) is 15.4. The molecule has 0 radical (unpaired) electrons. The van der Waals surface area contributed by atoms with Gasteiger partial charge < -0.3 is 20.5 Å². The Labute approximate surface area is 189 Å². The van der Waals surface area contributed by atoms with E-state index in [4.69, 9.17) is 15.2 Å². The van der Waals surface area contributed by atoms with Crippen LogP contribution < -0.4 is 20.5 Å². The Bertz CT molecular complexity index is 873. The van der Waals surface area contributed by atoms with Gasteiger partial charge in [0.25, 0.3) is 11.8 Å². The largest absolute Gasteiger partial charge is 0.492 e. The number of nitrogens with two attached hydrogens (primary N) is 1. The van der Waals surface area contributed by atoms with Crippen molar-refractivity contribution in [2.45, 2.75) is 20.3 Å². The Morgan fingerprint density at radius 1 is 0.969 bits per heavy atom. The molecule has 172 valence electrons. The number of nitrogens with one attached hydrogen (secondary N) is 1. The maximum absolute atomic E-state index is 12.3. The maximum atomic E-state index is 12.3. The standard InChI is InChI=1S/C25H33N3O4/c1-18-15-28(16-19(18)2)13-14-31-22-7-3-20(4-8-22)11-12-27-25(30)21-5-9-23(10-6-21)32-17-24(26)29/h3-10,18-19H,11-17H2,1-2H3,(H2,26,29)(H,27,30)/t18-,19+. The van der Waals surface area contributed by atoms with Crippen LogP contribution in [0.4, 0.5) is 0 Å². The van der Waals surface area contributed by atoms with Gasteiger partial charge in [0.05, 0.1) is 0 Å². The minimum atomic E-state index is -0.544. The summed E-state index contributed by atoms with van der Waals surface area (Å²) >= 11 is 0. The Morgan fingerprint density at radius 2 is 1.56 bits per heavy atom. The number of amides is 2. The summed E-state index contributed by atoms with van der Waals surface area (Å²) in [6.07, 6.45) is 0.732. The molecular weight excluding hydrogens is 406 g/mol. The molecule has 2 aromatic rings. The molecule has 2 atom stereocenters. The molecule has 1 heterocycles. The zero-order chi connectivity index (χ0) is 22.9. The van der Waals surface area contributed by atoms with Gasteiger partial charge >= 0.3 is 0 Å². The van der Waals surface area contributed by atoms with Crippen LogP contribution in [0.3, 0.4) is 0 Å². The molecule has 0 spiro atoms. The van der Waals surface area contributed by atoms with Gasteiger partial charge in [-0.05, 0) is 60.2 Å². The minimum absolute atomic E-state index is 0.156. The molecule has 0 saturated carbocycles. The number of rotatable bonds is 11. The highest BCUT2D eigenvalue weighted by atomic mass is 16.5. The first kappa shape index (κ1) is 23.6. The van der Waals surface area contributed by atoms with Crippen molar-refractivity contribution < 1.29 is 19.1 Å². The first-order valence-electron chi connectivity index (χ1n) is 11.1. The van der Waals surface area contributed by atoms with Crippen LogP contribution in [0, 0.1) is 11.8 Å². The smallest absolute Gasteiger partial charge is 0.255 e. The topological polar surface area (TPSA) is 93.9 Å². The van der Waals surface area contributed by atoms with Gasteiger partial charge in [0.1, 0.15) is 18.1 Å². The van der Waals surface area contributed by atoms with E-state index in [1.54, 1.807) is 24.3 Å². The lowest BCUT2D eigenvalue weighted by Crippen LogP contribution is -2.26. The third-order valence-electron chi connectivity index (χ3n) is 5.86. The molecule has 1 aliphatic rings. The SMILES string of the molecule is C[C@@H]1CN(CCOc2ccc(CCNC(=O)c3ccc(OCC(N)=O)cc3)cc2)C[C@@H]1C. The van der Waals surface area contributed by atoms with Gasteiger partial charge in [-0.2, -0.15) is 0 Å². The van der Waals surface area contributed by atoms with Crippen LogP contribution in [-0.4, -0.2) is 56.1 Å². The molecule has 3 N–H and O–H groups in total. The first-order valence-corrected chi connectivity index (χ1v) is 11.1. The van der Waals surface area contributed by atoms with Gasteiger partial charge in [-0.1, -0.05) is 26.0 Å². The van der Waals surface area contributed by atoms with E-state index in [9.17, 15) is 9.59 Å². The quantitative estimate of drug-likeness (QED) is 0.561. The van der Waals surface area contributed by atoms with Gasteiger partial charge in [0.2, 0.25) is 0 Å². The Morgan fingerprint density at radius 3 is 2.19 bits per heavy atom. The van der Waals surface area contributed by atoms with E-state index in [0.717, 1.165) is 49.2 Å². The van der Waals surface area contributed by atoms with Crippen molar-refractivity contribution in [3.63, 3.8) is 0 Å². The lowest BCUT2D eigenvalue weighted by molar-refractivity contribution is -0.119. The number of likely N-dealkylation sites (tertiary alicyclic amines) is 1. The van der Waals surface area contributed by atoms with Crippen molar-refractivity contribution in [2.24, 2.45) is 17.6 Å². The van der Waals surface area contributed by atoms with E-state index < -0.39 is 5.91 Å². The zero-order valence-electron chi connectivity index (χ0n) is 18.9. The molecule has 7 heteroatoms. The van der Waals surface area contributed by atoms with Gasteiger partial charge in [-0.25, -0.2) is 0 Å². The van der Waals surface area contributed by atoms with E-state index in [-0.39, 0.29) is 12.5 Å². The fraction of sp³-hybridized carbons (Fsp3) is 0.440. The summed E-state index contributed by atoms with van der Waals surface area (Å²) in [5.74, 6) is 2.19. The highest BCUT2D eigenvalue weighted by Crippen LogP contribution is 2.21. The molecule has 2 amide bonds. The van der Waals surface area contributed by atoms with Crippen LogP contribution in [0.25, 0.3) is 0 Å². The normalized spacial score (nSPS) is 18.3. The van der Waals surface area contributed by atoms with Crippen molar-refractivity contribution in [1.82, 2.24) is 10.2 Å². The van der Waals surface area contributed by atoms with Gasteiger partial charge in [-0.3, -0.25) is 14.5 Å². The van der Waals surface area contributed by atoms with Crippen molar-refractivity contribution in [2.75, 3.05) is 39.4 Å². The van der Waals surface area contributed by atoms with Crippen LogP contribution >= 0.6 is 0 Å². The van der Waals surface area contributed by atoms with E-state index in [2.05, 4.69) is 24.1 Å². The van der Waals surface area contributed by atoms with E-state index in [0.29, 0.717) is 24.5 Å². The molecule has 2 aromatic carbocycles. The molecule has 0 aromatic heterocycles. The molecule has 32 heavy (non-hydrogen) atoms. The maximum Gasteiger partial charge on any atom is 0.255 e. The third-order valence-corrected chi connectivity index (χ3v) is 5.86. The number of hydrogen-bond donors (Lipinski definition) is 2. The molecule has 0 unspecified atom stereocenters. The zero-order valence-corrected chi connectivity index (χ0v) is 18.9. The summed E-state index contributed by atoms with van der Waals surface area (Å²) in [5.41, 5.74) is 6.71. The highest BCUT2D eigenvalue weighted by molar-refractivity contribution is 5.94. The predicted octanol–water partition coefficient (Wildman–Crippen LogP) is 2.49. The van der Waals surface area contributed by atoms with Crippen molar-refractivity contribution >= 4 is 11.8 Å². The van der Waals surface area contributed by atoms with Gasteiger partial charge in [0, 0.05) is 31.7 Å². The lowest BCUT2D eigenvalue weighted by Gasteiger charge is -2.16. The number of primary amides is 1. The molecule has 0 aliphatic carbocycles. The highest BCUT2D eigenvalue weighted by Gasteiger charge is 2.25. The fourth-order valence-corrected chi connectivity index (χ4v) is 3.76. The Balaban J connectivity index is 1.35. The van der Waals surface area contributed by atoms with Crippen LogP contribution in [-0.2, 0) is 11.2 Å². The summed E-state index contributed by atoms with van der Waals surface area (Å²) in [4.78, 5) is 25.5. The average Bonchev–Trinajstić information content (AvgIpc) is 3.10. The number of nitrogens with zero attached hydrogens (tertiary/aromatic N) is 1. The molecule has 1 aliphatic heterocycles. The predicted molar refractivity (Wildman–Crippen MR) is 124 cm³/mol. The van der Waals surface area contributed by atoms with Crippen LogP contribution in [0.5, 0.6) is 11.5 Å². The lowest BCUT2D eigenvalue weighted by atomic mass is 10.0. The second kappa shape index (κ2) is 11.5. The van der Waals surface area contributed by atoms with Crippen molar-refractivity contribution in [1.29, 1.82) is 0 Å². The van der Waals surface area contributed by atoms with E-state index >= 15 is 0 Å². The van der Waals surface area contributed by atoms with Crippen LogP contribution in [0.1, 0.15) is 29.8 Å². The van der Waals surface area contributed by atoms with Crippen LogP contribution in [0.2, 0.25) is 0 Å². The third kappa shape index (κ3) is 7.27. The number of benzene rings is 2. The average molecular weight is 440 g/mol. The molecule has 1 fully saturated rings. The van der Waals surface area contributed by atoms with Crippen molar-refractivity contribution in [3.05, 3.63) is 59.7 Å². The number of carbonyl (C=O) groups excluding carboxylic acids is 2. The summed E-state index contributed by atoms with van der Waals surface area (Å²) in [5, 5.41) is 2.91. The van der Waals surface area contributed by atoms with Crippen LogP contribution in [0.15, 0.2) is 48.5 Å². The molecular formula is C25H33N3O4. The summed E-state index contributed by atoms with van der Waals surface area (Å²) < 4.78 is 11.1. The van der Waals surface area contributed by atoms with Crippen molar-refractivity contribution in [3.8, 4) is 11.5 Å². The summed E-state index contributed by atoms with van der Waals surface area (Å²) in [6, 6.07) is 14.6. The number of carbonyl (C=O) groups is 2. The molecule has 1 saturated heterocycles. The Kier molecular flexibility index (Phi) is 8.50. The number of hydrogen-bond acceptors (Lipinski definition) is 5.